The molecule has 98 valence electrons. The van der Waals surface area contributed by atoms with E-state index in [4.69, 9.17) is 0 Å². The van der Waals surface area contributed by atoms with Crippen LogP contribution in [-0.2, 0) is 0 Å². The highest BCUT2D eigenvalue weighted by Crippen LogP contribution is 2.34. The predicted molar refractivity (Wildman–Crippen MR) is 87.4 cm³/mol. The standard InChI is InChI=1S/C18H12O.CH4/c19-17-7-3-6-12-8-9-15-10-13-4-1-2-5-14(13)11-16(15)18(12)17;/h1-11,19H;1H4. The minimum absolute atomic E-state index is 0. The highest BCUT2D eigenvalue weighted by molar-refractivity contribution is 6.14. The van der Waals surface area contributed by atoms with Crippen molar-refractivity contribution in [3.05, 3.63) is 66.7 Å². The molecule has 0 aliphatic carbocycles. The van der Waals surface area contributed by atoms with Crippen LogP contribution >= 0.6 is 0 Å². The van der Waals surface area contributed by atoms with E-state index in [1.165, 1.54) is 10.8 Å². The van der Waals surface area contributed by atoms with Crippen molar-refractivity contribution < 1.29 is 5.11 Å². The van der Waals surface area contributed by atoms with Gasteiger partial charge in [-0.05, 0) is 45.1 Å². The van der Waals surface area contributed by atoms with Crippen molar-refractivity contribution >= 4 is 32.3 Å². The smallest absolute Gasteiger partial charge is 0.124 e. The Hall–Kier alpha value is -2.54. The van der Waals surface area contributed by atoms with Crippen LogP contribution in [0.2, 0.25) is 0 Å². The molecule has 0 aliphatic rings. The van der Waals surface area contributed by atoms with E-state index in [0.29, 0.717) is 5.75 Å². The molecule has 0 aliphatic heterocycles. The molecule has 0 aromatic heterocycles. The van der Waals surface area contributed by atoms with Gasteiger partial charge in [-0.25, -0.2) is 0 Å². The lowest BCUT2D eigenvalue weighted by Crippen LogP contribution is -1.80. The van der Waals surface area contributed by atoms with Gasteiger partial charge in [-0.1, -0.05) is 56.0 Å². The maximum Gasteiger partial charge on any atom is 0.124 e. The second kappa shape index (κ2) is 4.53. The first-order chi connectivity index (χ1) is 9.33. The number of hydrogen-bond donors (Lipinski definition) is 1. The summed E-state index contributed by atoms with van der Waals surface area (Å²) < 4.78 is 0. The number of phenols is 1. The van der Waals surface area contributed by atoms with Gasteiger partial charge in [0.25, 0.3) is 0 Å². The lowest BCUT2D eigenvalue weighted by atomic mass is 9.98. The quantitative estimate of drug-likeness (QED) is 0.327. The largest absolute Gasteiger partial charge is 0.507 e. The van der Waals surface area contributed by atoms with Crippen molar-refractivity contribution in [2.45, 2.75) is 7.43 Å². The number of benzene rings is 4. The zero-order chi connectivity index (χ0) is 12.8. The second-order valence-corrected chi connectivity index (χ2v) is 4.86. The van der Waals surface area contributed by atoms with E-state index in [2.05, 4.69) is 36.4 Å². The highest BCUT2D eigenvalue weighted by Gasteiger charge is 2.05. The average molecular weight is 260 g/mol. The van der Waals surface area contributed by atoms with Crippen LogP contribution in [-0.4, -0.2) is 5.11 Å². The number of rotatable bonds is 0. The molecule has 0 unspecified atom stereocenters. The lowest BCUT2D eigenvalue weighted by Gasteiger charge is -2.07. The maximum atomic E-state index is 10.1. The number of aromatic hydroxyl groups is 1. The molecule has 1 nitrogen and oxygen atoms in total. The van der Waals surface area contributed by atoms with Gasteiger partial charge in [0.15, 0.2) is 0 Å². The Bertz CT molecular complexity index is 922. The summed E-state index contributed by atoms with van der Waals surface area (Å²) in [6, 6.07) is 22.5. The predicted octanol–water partition coefficient (Wildman–Crippen LogP) is 5.49. The fourth-order valence-corrected chi connectivity index (χ4v) is 2.78. The van der Waals surface area contributed by atoms with E-state index in [-0.39, 0.29) is 7.43 Å². The third kappa shape index (κ3) is 1.71. The normalized spacial score (nSPS) is 10.8. The molecule has 0 saturated carbocycles. The molecule has 0 spiro atoms. The molecule has 0 amide bonds. The molecule has 1 N–H and O–H groups in total. The first-order valence-electron chi connectivity index (χ1n) is 6.36. The van der Waals surface area contributed by atoms with Crippen molar-refractivity contribution in [2.24, 2.45) is 0 Å². The molecule has 0 bridgehead atoms. The molecular formula is C19H16O. The topological polar surface area (TPSA) is 20.2 Å². The SMILES string of the molecule is C.Oc1cccc2ccc3cc4ccccc4cc3c12. The van der Waals surface area contributed by atoms with Gasteiger partial charge >= 0.3 is 0 Å². The van der Waals surface area contributed by atoms with E-state index in [0.717, 1.165) is 21.5 Å². The zero-order valence-electron chi connectivity index (χ0n) is 10.3. The first-order valence-corrected chi connectivity index (χ1v) is 6.36. The van der Waals surface area contributed by atoms with Gasteiger partial charge in [0.05, 0.1) is 0 Å². The van der Waals surface area contributed by atoms with Gasteiger partial charge in [-0.3, -0.25) is 0 Å². The Morgan fingerprint density at radius 3 is 2.05 bits per heavy atom. The van der Waals surface area contributed by atoms with Crippen molar-refractivity contribution in [3.63, 3.8) is 0 Å². The summed E-state index contributed by atoms with van der Waals surface area (Å²) in [5.74, 6) is 0.346. The van der Waals surface area contributed by atoms with Crippen molar-refractivity contribution in [2.75, 3.05) is 0 Å². The van der Waals surface area contributed by atoms with Crippen molar-refractivity contribution in [3.8, 4) is 5.75 Å². The molecule has 0 radical (unpaired) electrons. The van der Waals surface area contributed by atoms with Crippen LogP contribution < -0.4 is 0 Å². The molecule has 0 saturated heterocycles. The molecule has 20 heavy (non-hydrogen) atoms. The van der Waals surface area contributed by atoms with Crippen molar-refractivity contribution in [1.82, 2.24) is 0 Å². The van der Waals surface area contributed by atoms with E-state index in [1.807, 2.05) is 24.3 Å². The van der Waals surface area contributed by atoms with Crippen LogP contribution in [0.3, 0.4) is 0 Å². The summed E-state index contributed by atoms with van der Waals surface area (Å²) in [5, 5.41) is 16.8. The molecule has 0 fully saturated rings. The van der Waals surface area contributed by atoms with Gasteiger partial charge in [0.2, 0.25) is 0 Å². The second-order valence-electron chi connectivity index (χ2n) is 4.86. The van der Waals surface area contributed by atoms with Gasteiger partial charge in [0.1, 0.15) is 5.75 Å². The maximum absolute atomic E-state index is 10.1. The Labute approximate surface area is 118 Å². The van der Waals surface area contributed by atoms with Crippen LogP contribution in [0, 0.1) is 0 Å². The molecular weight excluding hydrogens is 244 g/mol. The molecule has 1 heteroatoms. The van der Waals surface area contributed by atoms with E-state index >= 15 is 0 Å². The molecule has 4 aromatic carbocycles. The number of phenolic OH excluding ortho intramolecular Hbond substituents is 1. The average Bonchev–Trinajstić information content (AvgIpc) is 2.45. The third-order valence-electron chi connectivity index (χ3n) is 3.70. The summed E-state index contributed by atoms with van der Waals surface area (Å²) in [5.41, 5.74) is 0. The van der Waals surface area contributed by atoms with Crippen LogP contribution in [0.4, 0.5) is 0 Å². The van der Waals surface area contributed by atoms with Crippen LogP contribution in [0.15, 0.2) is 66.7 Å². The van der Waals surface area contributed by atoms with Crippen LogP contribution in [0.5, 0.6) is 5.75 Å². The van der Waals surface area contributed by atoms with Crippen molar-refractivity contribution in [1.29, 1.82) is 0 Å². The summed E-state index contributed by atoms with van der Waals surface area (Å²) in [4.78, 5) is 0. The number of hydrogen-bond acceptors (Lipinski definition) is 1. The van der Waals surface area contributed by atoms with E-state index < -0.39 is 0 Å². The molecule has 4 aromatic rings. The summed E-state index contributed by atoms with van der Waals surface area (Å²) in [6.45, 7) is 0. The lowest BCUT2D eigenvalue weighted by molar-refractivity contribution is 0.482. The minimum atomic E-state index is 0. The van der Waals surface area contributed by atoms with Gasteiger partial charge in [-0.2, -0.15) is 0 Å². The Morgan fingerprint density at radius 2 is 1.25 bits per heavy atom. The third-order valence-corrected chi connectivity index (χ3v) is 3.70. The summed E-state index contributed by atoms with van der Waals surface area (Å²) in [6.07, 6.45) is 0. The van der Waals surface area contributed by atoms with Gasteiger partial charge < -0.3 is 5.11 Å². The Balaban J connectivity index is 0.00000121. The number of fused-ring (bicyclic) bond motifs is 4. The Morgan fingerprint density at radius 1 is 0.600 bits per heavy atom. The van der Waals surface area contributed by atoms with Crippen LogP contribution in [0.25, 0.3) is 32.3 Å². The zero-order valence-corrected chi connectivity index (χ0v) is 10.3. The first kappa shape index (κ1) is 12.5. The fraction of sp³-hybridized carbons (Fsp3) is 0.0526. The van der Waals surface area contributed by atoms with Crippen LogP contribution in [0.1, 0.15) is 7.43 Å². The molecule has 0 atom stereocenters. The summed E-state index contributed by atoms with van der Waals surface area (Å²) in [7, 11) is 0. The molecule has 0 heterocycles. The Kier molecular flexibility index (Phi) is 2.83. The molecule has 4 rings (SSSR count). The van der Waals surface area contributed by atoms with Gasteiger partial charge in [0, 0.05) is 5.39 Å². The minimum Gasteiger partial charge on any atom is -0.507 e. The van der Waals surface area contributed by atoms with E-state index in [9.17, 15) is 5.11 Å². The summed E-state index contributed by atoms with van der Waals surface area (Å²) >= 11 is 0. The highest BCUT2D eigenvalue weighted by atomic mass is 16.3. The van der Waals surface area contributed by atoms with Gasteiger partial charge in [-0.15, -0.1) is 0 Å². The fourth-order valence-electron chi connectivity index (χ4n) is 2.78. The van der Waals surface area contributed by atoms with E-state index in [1.54, 1.807) is 6.07 Å². The monoisotopic (exact) mass is 260 g/mol.